The normalized spacial score (nSPS) is 10.8. The van der Waals surface area contributed by atoms with Gasteiger partial charge in [0.05, 0.1) is 10.8 Å². The summed E-state index contributed by atoms with van der Waals surface area (Å²) in [6.45, 7) is 0.620. The van der Waals surface area contributed by atoms with Crippen LogP contribution in [0.25, 0.3) is 6.08 Å². The molecule has 0 amide bonds. The van der Waals surface area contributed by atoms with E-state index in [-0.39, 0.29) is 0 Å². The van der Waals surface area contributed by atoms with Crippen LogP contribution in [0.4, 0.5) is 0 Å². The maximum absolute atomic E-state index is 10.5. The minimum Gasteiger partial charge on any atom is -0.493 e. The summed E-state index contributed by atoms with van der Waals surface area (Å²) < 4.78 is 6.94. The Hall–Kier alpha value is -1.72. The van der Waals surface area contributed by atoms with Crippen molar-refractivity contribution in [1.82, 2.24) is 0 Å². The van der Waals surface area contributed by atoms with Crippen molar-refractivity contribution in [3.05, 3.63) is 53.4 Å². The highest BCUT2D eigenvalue weighted by Crippen LogP contribution is 2.23. The van der Waals surface area contributed by atoms with Crippen LogP contribution in [0.2, 0.25) is 0 Å². The predicted octanol–water partition coefficient (Wildman–Crippen LogP) is 4.02. The fraction of sp³-hybridized carbons (Fsp3) is 0.133. The SMILES string of the molecule is O=C(O)C=Cc1cccc(OCCSc2cccs2)c1. The van der Waals surface area contributed by atoms with E-state index < -0.39 is 5.97 Å². The average molecular weight is 306 g/mol. The molecule has 0 aliphatic rings. The largest absolute Gasteiger partial charge is 0.493 e. The standard InChI is InChI=1S/C15H14O3S2/c16-14(17)7-6-12-3-1-4-13(11-12)18-8-10-20-15-5-2-9-19-15/h1-7,9,11H,8,10H2,(H,16,17). The van der Waals surface area contributed by atoms with E-state index >= 15 is 0 Å². The molecule has 0 atom stereocenters. The van der Waals surface area contributed by atoms with Gasteiger partial charge in [-0.05, 0) is 35.2 Å². The Morgan fingerprint density at radius 1 is 1.35 bits per heavy atom. The summed E-state index contributed by atoms with van der Waals surface area (Å²) in [7, 11) is 0. The highest BCUT2D eigenvalue weighted by molar-refractivity contribution is 8.01. The van der Waals surface area contributed by atoms with E-state index in [2.05, 4.69) is 11.4 Å². The fourth-order valence-corrected chi connectivity index (χ4v) is 3.20. The van der Waals surface area contributed by atoms with Gasteiger partial charge in [0.1, 0.15) is 5.75 Å². The molecular weight excluding hydrogens is 292 g/mol. The van der Waals surface area contributed by atoms with Crippen LogP contribution in [0.1, 0.15) is 5.56 Å². The molecule has 3 nitrogen and oxygen atoms in total. The predicted molar refractivity (Wildman–Crippen MR) is 83.6 cm³/mol. The number of hydrogen-bond donors (Lipinski definition) is 1. The van der Waals surface area contributed by atoms with Crippen molar-refractivity contribution in [3.8, 4) is 5.75 Å². The molecule has 0 unspecified atom stereocenters. The zero-order valence-corrected chi connectivity index (χ0v) is 12.3. The molecule has 1 heterocycles. The number of aliphatic carboxylic acids is 1. The van der Waals surface area contributed by atoms with Crippen molar-refractivity contribution in [1.29, 1.82) is 0 Å². The lowest BCUT2D eigenvalue weighted by atomic mass is 10.2. The molecule has 0 aliphatic carbocycles. The Morgan fingerprint density at radius 2 is 2.25 bits per heavy atom. The minimum absolute atomic E-state index is 0.620. The van der Waals surface area contributed by atoms with Crippen LogP contribution in [0.15, 0.2) is 52.1 Å². The Balaban J connectivity index is 1.80. The molecule has 0 fully saturated rings. The first-order valence-electron chi connectivity index (χ1n) is 6.04. The second-order valence-electron chi connectivity index (χ2n) is 3.87. The fourth-order valence-electron chi connectivity index (χ4n) is 1.52. The molecule has 2 aromatic rings. The van der Waals surface area contributed by atoms with Gasteiger partial charge in [-0.3, -0.25) is 0 Å². The first-order valence-corrected chi connectivity index (χ1v) is 7.91. The first kappa shape index (κ1) is 14.7. The number of carbonyl (C=O) groups is 1. The van der Waals surface area contributed by atoms with Crippen LogP contribution in [0, 0.1) is 0 Å². The lowest BCUT2D eigenvalue weighted by Gasteiger charge is -2.06. The first-order chi connectivity index (χ1) is 9.74. The number of carboxylic acids is 1. The summed E-state index contributed by atoms with van der Waals surface area (Å²) in [6, 6.07) is 11.5. The van der Waals surface area contributed by atoms with Gasteiger partial charge in [-0.1, -0.05) is 18.2 Å². The summed E-state index contributed by atoms with van der Waals surface area (Å²) in [5.41, 5.74) is 0.816. The number of thioether (sulfide) groups is 1. The summed E-state index contributed by atoms with van der Waals surface area (Å²) in [6.07, 6.45) is 2.67. The molecule has 0 saturated carbocycles. The van der Waals surface area contributed by atoms with Crippen molar-refractivity contribution in [2.24, 2.45) is 0 Å². The molecule has 20 heavy (non-hydrogen) atoms. The van der Waals surface area contributed by atoms with Crippen molar-refractivity contribution in [2.75, 3.05) is 12.4 Å². The Labute approximate surface area is 125 Å². The van der Waals surface area contributed by atoms with Gasteiger partial charge in [0.15, 0.2) is 0 Å². The van der Waals surface area contributed by atoms with Crippen molar-refractivity contribution < 1.29 is 14.6 Å². The van der Waals surface area contributed by atoms with Crippen molar-refractivity contribution in [2.45, 2.75) is 4.21 Å². The molecule has 2 rings (SSSR count). The molecule has 1 aromatic carbocycles. The monoisotopic (exact) mass is 306 g/mol. The van der Waals surface area contributed by atoms with Gasteiger partial charge in [-0.15, -0.1) is 23.1 Å². The van der Waals surface area contributed by atoms with Crippen LogP contribution >= 0.6 is 23.1 Å². The third-order valence-corrected chi connectivity index (χ3v) is 4.46. The van der Waals surface area contributed by atoms with E-state index in [0.717, 1.165) is 23.1 Å². The summed E-state index contributed by atoms with van der Waals surface area (Å²) in [4.78, 5) is 10.5. The third-order valence-electron chi connectivity index (χ3n) is 2.37. The van der Waals surface area contributed by atoms with Crippen LogP contribution < -0.4 is 4.74 Å². The van der Waals surface area contributed by atoms with E-state index in [1.54, 1.807) is 29.2 Å². The molecular formula is C15H14O3S2. The number of hydrogen-bond acceptors (Lipinski definition) is 4. The molecule has 0 radical (unpaired) electrons. The van der Waals surface area contributed by atoms with Gasteiger partial charge >= 0.3 is 5.97 Å². The van der Waals surface area contributed by atoms with Crippen LogP contribution in [0.5, 0.6) is 5.75 Å². The third kappa shape index (κ3) is 5.11. The van der Waals surface area contributed by atoms with Gasteiger partial charge in [0.25, 0.3) is 0 Å². The molecule has 0 spiro atoms. The van der Waals surface area contributed by atoms with Crippen LogP contribution in [-0.2, 0) is 4.79 Å². The van der Waals surface area contributed by atoms with Gasteiger partial charge in [-0.2, -0.15) is 0 Å². The van der Waals surface area contributed by atoms with Gasteiger partial charge < -0.3 is 9.84 Å². The molecule has 5 heteroatoms. The molecule has 1 N–H and O–H groups in total. The van der Waals surface area contributed by atoms with E-state index in [4.69, 9.17) is 9.84 Å². The maximum Gasteiger partial charge on any atom is 0.328 e. The number of carboxylic acid groups (broad SMARTS) is 1. The van der Waals surface area contributed by atoms with E-state index in [1.165, 1.54) is 4.21 Å². The highest BCUT2D eigenvalue weighted by Gasteiger charge is 1.98. The number of benzene rings is 1. The zero-order chi connectivity index (χ0) is 14.2. The molecule has 0 bridgehead atoms. The Morgan fingerprint density at radius 3 is 3.00 bits per heavy atom. The van der Waals surface area contributed by atoms with Crippen molar-refractivity contribution in [3.63, 3.8) is 0 Å². The number of thiophene rings is 1. The van der Waals surface area contributed by atoms with E-state index in [9.17, 15) is 4.79 Å². The van der Waals surface area contributed by atoms with Crippen molar-refractivity contribution >= 4 is 35.1 Å². The molecule has 104 valence electrons. The zero-order valence-electron chi connectivity index (χ0n) is 10.7. The summed E-state index contributed by atoms with van der Waals surface area (Å²) in [5, 5.41) is 10.6. The van der Waals surface area contributed by atoms with Crippen LogP contribution in [0.3, 0.4) is 0 Å². The second-order valence-corrected chi connectivity index (χ2v) is 6.22. The van der Waals surface area contributed by atoms with Gasteiger partial charge in [-0.25, -0.2) is 4.79 Å². The van der Waals surface area contributed by atoms with E-state index in [1.807, 2.05) is 30.3 Å². The summed E-state index contributed by atoms with van der Waals surface area (Å²) in [5.74, 6) is 0.684. The number of ether oxygens (including phenoxy) is 1. The average Bonchev–Trinajstić information content (AvgIpc) is 2.95. The van der Waals surface area contributed by atoms with Gasteiger partial charge in [0, 0.05) is 11.8 Å². The second kappa shape index (κ2) is 7.77. The topological polar surface area (TPSA) is 46.5 Å². The number of rotatable bonds is 7. The maximum atomic E-state index is 10.5. The molecule has 0 saturated heterocycles. The van der Waals surface area contributed by atoms with Gasteiger partial charge in [0.2, 0.25) is 0 Å². The highest BCUT2D eigenvalue weighted by atomic mass is 32.2. The minimum atomic E-state index is -0.955. The van der Waals surface area contributed by atoms with E-state index in [0.29, 0.717) is 6.61 Å². The molecule has 0 aliphatic heterocycles. The quantitative estimate of drug-likeness (QED) is 0.477. The Kier molecular flexibility index (Phi) is 5.70. The molecule has 1 aromatic heterocycles. The smallest absolute Gasteiger partial charge is 0.328 e. The summed E-state index contributed by atoms with van der Waals surface area (Å²) >= 11 is 3.49. The lowest BCUT2D eigenvalue weighted by Crippen LogP contribution is -1.99. The van der Waals surface area contributed by atoms with Crippen LogP contribution in [-0.4, -0.2) is 23.4 Å². The Bertz CT molecular complexity index is 577. The lowest BCUT2D eigenvalue weighted by molar-refractivity contribution is -0.131.